The topological polar surface area (TPSA) is 43.1 Å². The minimum Gasteiger partial charge on any atom is -0.263 e. The van der Waals surface area contributed by atoms with Crippen LogP contribution in [0.15, 0.2) is 29.2 Å². The first-order valence-electron chi connectivity index (χ1n) is 5.84. The molecule has 1 saturated carbocycles. The number of thioether (sulfide) groups is 1. The minimum absolute atomic E-state index is 0.303. The first kappa shape index (κ1) is 14.2. The lowest BCUT2D eigenvalue weighted by Gasteiger charge is -2.19. The Balaban J connectivity index is 2.17. The summed E-state index contributed by atoms with van der Waals surface area (Å²) in [5, 5.41) is 11.2. The zero-order valence-electron chi connectivity index (χ0n) is 9.94. The lowest BCUT2D eigenvalue weighted by atomic mass is 10.2. The molecule has 0 unspecified atom stereocenters. The van der Waals surface area contributed by atoms with Crippen LogP contribution in [-0.2, 0) is 6.18 Å². The van der Waals surface area contributed by atoms with Gasteiger partial charge in [0.25, 0.3) is 4.87 Å². The van der Waals surface area contributed by atoms with E-state index >= 15 is 0 Å². The van der Waals surface area contributed by atoms with Crippen molar-refractivity contribution in [2.75, 3.05) is 0 Å². The molecule has 0 aliphatic heterocycles. The first-order valence-corrected chi connectivity index (χ1v) is 6.66. The average molecular weight is 291 g/mol. The van der Waals surface area contributed by atoms with E-state index in [2.05, 4.69) is 0 Å². The number of benzene rings is 1. The van der Waals surface area contributed by atoms with Gasteiger partial charge in [0.05, 0.1) is 5.56 Å². The number of hydrogen-bond acceptors (Lipinski definition) is 3. The van der Waals surface area contributed by atoms with Crippen LogP contribution in [0.1, 0.15) is 31.2 Å². The summed E-state index contributed by atoms with van der Waals surface area (Å²) in [5.41, 5.74) is -0.738. The Morgan fingerprint density at radius 1 is 1.16 bits per heavy atom. The summed E-state index contributed by atoms with van der Waals surface area (Å²) in [5.74, 6) is 0. The zero-order valence-corrected chi connectivity index (χ0v) is 10.8. The van der Waals surface area contributed by atoms with Crippen molar-refractivity contribution >= 4 is 11.8 Å². The van der Waals surface area contributed by atoms with Gasteiger partial charge < -0.3 is 0 Å². The summed E-state index contributed by atoms with van der Waals surface area (Å²) >= 11 is 1.06. The van der Waals surface area contributed by atoms with Crippen LogP contribution >= 0.6 is 11.8 Å². The summed E-state index contributed by atoms with van der Waals surface area (Å²) in [6, 6.07) is 4.53. The fourth-order valence-electron chi connectivity index (χ4n) is 2.18. The molecule has 0 atom stereocenters. The van der Waals surface area contributed by atoms with Crippen molar-refractivity contribution in [2.45, 2.75) is 41.6 Å². The van der Waals surface area contributed by atoms with Crippen LogP contribution in [-0.4, -0.2) is 9.79 Å². The molecule has 1 aliphatic rings. The highest BCUT2D eigenvalue weighted by Gasteiger charge is 2.46. The molecule has 0 saturated heterocycles. The second-order valence-corrected chi connectivity index (χ2v) is 5.97. The maximum Gasteiger partial charge on any atom is 0.416 e. The van der Waals surface area contributed by atoms with Gasteiger partial charge in [-0.1, -0.05) is 0 Å². The number of hydrogen-bond donors (Lipinski definition) is 0. The van der Waals surface area contributed by atoms with Crippen LogP contribution < -0.4 is 0 Å². The van der Waals surface area contributed by atoms with E-state index in [0.717, 1.165) is 36.7 Å². The number of nitro groups is 1. The second-order valence-electron chi connectivity index (χ2n) is 4.53. The molecule has 19 heavy (non-hydrogen) atoms. The second kappa shape index (κ2) is 5.03. The van der Waals surface area contributed by atoms with Crippen molar-refractivity contribution < 1.29 is 18.1 Å². The molecule has 3 nitrogen and oxygen atoms in total. The highest BCUT2D eigenvalue weighted by molar-refractivity contribution is 8.00. The molecule has 104 valence electrons. The van der Waals surface area contributed by atoms with Gasteiger partial charge in [-0.3, -0.25) is 10.1 Å². The van der Waals surface area contributed by atoms with Crippen LogP contribution in [0.2, 0.25) is 0 Å². The van der Waals surface area contributed by atoms with Crippen LogP contribution in [0.4, 0.5) is 13.2 Å². The van der Waals surface area contributed by atoms with E-state index in [9.17, 15) is 23.3 Å². The van der Waals surface area contributed by atoms with Crippen molar-refractivity contribution in [3.05, 3.63) is 39.9 Å². The van der Waals surface area contributed by atoms with Gasteiger partial charge >= 0.3 is 6.18 Å². The number of halogens is 3. The molecule has 0 amide bonds. The molecule has 0 spiro atoms. The van der Waals surface area contributed by atoms with Crippen molar-refractivity contribution in [3.8, 4) is 0 Å². The van der Waals surface area contributed by atoms with Gasteiger partial charge in [0, 0.05) is 22.7 Å². The summed E-state index contributed by atoms with van der Waals surface area (Å²) in [4.78, 5) is 10.3. The molecule has 0 bridgehead atoms. The summed E-state index contributed by atoms with van der Waals surface area (Å²) in [6.07, 6.45) is -1.88. The molecular weight excluding hydrogens is 279 g/mol. The molecule has 1 aromatic rings. The lowest BCUT2D eigenvalue weighted by molar-refractivity contribution is -0.536. The van der Waals surface area contributed by atoms with Crippen molar-refractivity contribution in [1.82, 2.24) is 0 Å². The highest BCUT2D eigenvalue weighted by atomic mass is 32.2. The van der Waals surface area contributed by atoms with Crippen LogP contribution in [0.25, 0.3) is 0 Å². The van der Waals surface area contributed by atoms with Crippen molar-refractivity contribution in [2.24, 2.45) is 0 Å². The third-order valence-corrected chi connectivity index (χ3v) is 4.65. The quantitative estimate of drug-likeness (QED) is 0.472. The number of nitrogens with zero attached hydrogens (tertiary/aromatic N) is 1. The molecule has 0 N–H and O–H groups in total. The van der Waals surface area contributed by atoms with E-state index in [1.807, 2.05) is 0 Å². The van der Waals surface area contributed by atoms with E-state index in [1.165, 1.54) is 12.1 Å². The molecular formula is C12H12F3NO2S. The standard InChI is InChI=1S/C12H12F3NO2S/c13-12(14,15)9-3-5-10(6-4-9)19-11(16(17)18)7-1-2-8-11/h3-6H,1-2,7-8H2. The zero-order chi connectivity index (χ0) is 14.1. The predicted octanol–water partition coefficient (Wildman–Crippen LogP) is 4.34. The fourth-order valence-corrected chi connectivity index (χ4v) is 3.46. The molecule has 0 heterocycles. The van der Waals surface area contributed by atoms with Gasteiger partial charge in [0.1, 0.15) is 0 Å². The minimum atomic E-state index is -4.38. The number of alkyl halides is 3. The Hall–Kier alpha value is -1.24. The van der Waals surface area contributed by atoms with Gasteiger partial charge in [-0.05, 0) is 48.9 Å². The maximum atomic E-state index is 12.4. The van der Waals surface area contributed by atoms with E-state index in [-0.39, 0.29) is 4.92 Å². The Kier molecular flexibility index (Phi) is 3.75. The lowest BCUT2D eigenvalue weighted by Crippen LogP contribution is -2.30. The third-order valence-electron chi connectivity index (χ3n) is 3.21. The van der Waals surface area contributed by atoms with Gasteiger partial charge in [0.2, 0.25) is 0 Å². The molecule has 1 aromatic carbocycles. The van der Waals surface area contributed by atoms with Crippen molar-refractivity contribution in [1.29, 1.82) is 0 Å². The Labute approximate surface area is 112 Å². The molecule has 1 fully saturated rings. The number of rotatable bonds is 3. The van der Waals surface area contributed by atoms with E-state index in [0.29, 0.717) is 17.7 Å². The van der Waals surface area contributed by atoms with Gasteiger partial charge in [0.15, 0.2) is 0 Å². The average Bonchev–Trinajstić information content (AvgIpc) is 2.78. The van der Waals surface area contributed by atoms with Crippen molar-refractivity contribution in [3.63, 3.8) is 0 Å². The summed E-state index contributed by atoms with van der Waals surface area (Å²) in [7, 11) is 0. The first-order chi connectivity index (χ1) is 8.83. The van der Waals surface area contributed by atoms with Gasteiger partial charge in [-0.15, -0.1) is 0 Å². The monoisotopic (exact) mass is 291 g/mol. The Morgan fingerprint density at radius 3 is 2.11 bits per heavy atom. The predicted molar refractivity (Wildman–Crippen MR) is 65.5 cm³/mol. The highest BCUT2D eigenvalue weighted by Crippen LogP contribution is 2.45. The molecule has 0 radical (unpaired) electrons. The van der Waals surface area contributed by atoms with Gasteiger partial charge in [-0.25, -0.2) is 0 Å². The summed E-state index contributed by atoms with van der Waals surface area (Å²) < 4.78 is 37.2. The largest absolute Gasteiger partial charge is 0.416 e. The maximum absolute atomic E-state index is 12.4. The smallest absolute Gasteiger partial charge is 0.263 e. The van der Waals surface area contributed by atoms with Gasteiger partial charge in [-0.2, -0.15) is 13.2 Å². The third kappa shape index (κ3) is 3.02. The Bertz CT molecular complexity index is 467. The summed E-state index contributed by atoms with van der Waals surface area (Å²) in [6.45, 7) is 0. The SMILES string of the molecule is O=[N+]([O-])C1(Sc2ccc(C(F)(F)F)cc2)CCCC1. The van der Waals surface area contributed by atoms with E-state index in [1.54, 1.807) is 0 Å². The normalized spacial score (nSPS) is 18.5. The van der Waals surface area contributed by atoms with E-state index in [4.69, 9.17) is 0 Å². The Morgan fingerprint density at radius 2 is 1.68 bits per heavy atom. The van der Waals surface area contributed by atoms with Crippen LogP contribution in [0.3, 0.4) is 0 Å². The molecule has 2 rings (SSSR count). The molecule has 1 aliphatic carbocycles. The van der Waals surface area contributed by atoms with Crippen LogP contribution in [0, 0.1) is 10.1 Å². The van der Waals surface area contributed by atoms with Crippen LogP contribution in [0.5, 0.6) is 0 Å². The van der Waals surface area contributed by atoms with E-state index < -0.39 is 16.6 Å². The molecule has 0 aromatic heterocycles. The molecule has 7 heteroatoms. The fraction of sp³-hybridized carbons (Fsp3) is 0.500.